The number of esters is 1. The second-order valence-electron chi connectivity index (χ2n) is 8.09. The third-order valence-corrected chi connectivity index (χ3v) is 5.61. The number of rotatable bonds is 16. The molecule has 0 aliphatic heterocycles. The number of ether oxygens (including phenoxy) is 1. The molecule has 0 bridgehead atoms. The molecule has 30 heavy (non-hydrogen) atoms. The number of carbonyl (C=O) groups excluding carboxylic acids is 1. The molecule has 1 aromatic rings. The number of benzene rings is 1. The zero-order chi connectivity index (χ0) is 22.4. The number of aliphatic hydroxyl groups is 1. The average Bonchev–Trinajstić information content (AvgIpc) is 2.74. The van der Waals surface area contributed by atoms with Crippen LogP contribution in [0.15, 0.2) is 6.07 Å². The van der Waals surface area contributed by atoms with E-state index < -0.39 is 29.3 Å². The molecule has 1 aromatic carbocycles. The molecular formula is C24H40O6. The molecule has 0 heterocycles. The first kappa shape index (κ1) is 26.1. The van der Waals surface area contributed by atoms with Crippen molar-refractivity contribution in [3.63, 3.8) is 0 Å². The second kappa shape index (κ2) is 14.9. The highest BCUT2D eigenvalue weighted by Crippen LogP contribution is 2.43. The first-order valence-corrected chi connectivity index (χ1v) is 11.5. The summed E-state index contributed by atoms with van der Waals surface area (Å²) in [6, 6.07) is 1.00. The van der Waals surface area contributed by atoms with Crippen LogP contribution in [-0.2, 0) is 4.74 Å². The van der Waals surface area contributed by atoms with E-state index in [9.17, 15) is 25.2 Å². The lowest BCUT2D eigenvalue weighted by Crippen LogP contribution is -2.10. The Balaban J connectivity index is 2.29. The van der Waals surface area contributed by atoms with E-state index in [0.717, 1.165) is 25.3 Å². The van der Waals surface area contributed by atoms with E-state index >= 15 is 0 Å². The minimum absolute atomic E-state index is 0.101. The fourth-order valence-electron chi connectivity index (χ4n) is 3.78. The Kier molecular flexibility index (Phi) is 13.0. The van der Waals surface area contributed by atoms with E-state index in [1.54, 1.807) is 0 Å². The van der Waals surface area contributed by atoms with Crippen molar-refractivity contribution in [3.8, 4) is 17.2 Å². The van der Waals surface area contributed by atoms with Crippen molar-refractivity contribution in [1.82, 2.24) is 0 Å². The maximum absolute atomic E-state index is 11.9. The van der Waals surface area contributed by atoms with Gasteiger partial charge >= 0.3 is 5.97 Å². The Labute approximate surface area is 180 Å². The van der Waals surface area contributed by atoms with Crippen molar-refractivity contribution in [3.05, 3.63) is 17.2 Å². The Morgan fingerprint density at radius 2 is 1.30 bits per heavy atom. The van der Waals surface area contributed by atoms with Crippen molar-refractivity contribution in [2.75, 3.05) is 7.11 Å². The predicted molar refractivity (Wildman–Crippen MR) is 118 cm³/mol. The maximum Gasteiger partial charge on any atom is 0.338 e. The number of aromatic hydroxyl groups is 3. The fourth-order valence-corrected chi connectivity index (χ4v) is 3.78. The molecule has 1 rings (SSSR count). The summed E-state index contributed by atoms with van der Waals surface area (Å²) in [5.74, 6) is -2.86. The molecule has 172 valence electrons. The molecule has 0 spiro atoms. The van der Waals surface area contributed by atoms with Crippen LogP contribution in [0.1, 0.15) is 119 Å². The van der Waals surface area contributed by atoms with Gasteiger partial charge in [0, 0.05) is 5.56 Å². The van der Waals surface area contributed by atoms with Crippen molar-refractivity contribution < 1.29 is 30.0 Å². The normalized spacial score (nSPS) is 12.1. The Hall–Kier alpha value is -1.95. The number of hydrogen-bond acceptors (Lipinski definition) is 6. The summed E-state index contributed by atoms with van der Waals surface area (Å²) in [4.78, 5) is 11.9. The number of phenols is 3. The Morgan fingerprint density at radius 1 is 0.833 bits per heavy atom. The van der Waals surface area contributed by atoms with Gasteiger partial charge in [-0.15, -0.1) is 0 Å². The van der Waals surface area contributed by atoms with E-state index in [-0.39, 0.29) is 11.1 Å². The number of methoxy groups -OCH3 is 1. The van der Waals surface area contributed by atoms with Gasteiger partial charge in [0.05, 0.1) is 18.8 Å². The summed E-state index contributed by atoms with van der Waals surface area (Å²) in [5.41, 5.74) is -0.247. The Bertz CT molecular complexity index is 629. The fraction of sp³-hybridized carbons (Fsp3) is 0.708. The minimum Gasteiger partial charge on any atom is -0.504 e. The summed E-state index contributed by atoms with van der Waals surface area (Å²) in [7, 11) is 1.17. The van der Waals surface area contributed by atoms with Crippen LogP contribution in [0.2, 0.25) is 0 Å². The minimum atomic E-state index is -1.13. The molecule has 0 aromatic heterocycles. The third-order valence-electron chi connectivity index (χ3n) is 5.61. The molecule has 0 fully saturated rings. The lowest BCUT2D eigenvalue weighted by Gasteiger charge is -2.17. The predicted octanol–water partition coefficient (Wildman–Crippen LogP) is 6.10. The number of hydrogen-bond donors (Lipinski definition) is 4. The first-order chi connectivity index (χ1) is 14.4. The molecule has 1 unspecified atom stereocenters. The van der Waals surface area contributed by atoms with Gasteiger partial charge in [0.2, 0.25) is 5.75 Å². The van der Waals surface area contributed by atoms with Gasteiger partial charge in [0.1, 0.15) is 0 Å². The quantitative estimate of drug-likeness (QED) is 0.145. The summed E-state index contributed by atoms with van der Waals surface area (Å²) in [6.45, 7) is 2.24. The van der Waals surface area contributed by atoms with Gasteiger partial charge < -0.3 is 25.2 Å². The second-order valence-corrected chi connectivity index (χ2v) is 8.09. The highest BCUT2D eigenvalue weighted by molar-refractivity contribution is 5.93. The number of unbranched alkanes of at least 4 members (excludes halogenated alkanes) is 12. The lowest BCUT2D eigenvalue weighted by atomic mass is 9.95. The van der Waals surface area contributed by atoms with Crippen LogP contribution in [0.4, 0.5) is 0 Å². The molecule has 0 amide bonds. The smallest absolute Gasteiger partial charge is 0.338 e. The zero-order valence-corrected chi connectivity index (χ0v) is 18.7. The summed E-state index contributed by atoms with van der Waals surface area (Å²) >= 11 is 0. The first-order valence-electron chi connectivity index (χ1n) is 11.5. The van der Waals surface area contributed by atoms with E-state index in [2.05, 4.69) is 11.7 Å². The third kappa shape index (κ3) is 8.82. The van der Waals surface area contributed by atoms with Crippen LogP contribution >= 0.6 is 0 Å². The van der Waals surface area contributed by atoms with Crippen molar-refractivity contribution in [2.45, 2.75) is 103 Å². The van der Waals surface area contributed by atoms with Crippen LogP contribution in [0, 0.1) is 0 Å². The SMILES string of the molecule is CCCCCCCCCCCCCCCC(O)c1c(C(=O)OC)cc(O)c(O)c1O. The van der Waals surface area contributed by atoms with Crippen LogP contribution in [-0.4, -0.2) is 33.5 Å². The van der Waals surface area contributed by atoms with Crippen molar-refractivity contribution in [2.24, 2.45) is 0 Å². The van der Waals surface area contributed by atoms with E-state index in [4.69, 9.17) is 0 Å². The highest BCUT2D eigenvalue weighted by atomic mass is 16.5. The van der Waals surface area contributed by atoms with E-state index in [1.165, 1.54) is 71.3 Å². The van der Waals surface area contributed by atoms with Crippen LogP contribution in [0.3, 0.4) is 0 Å². The summed E-state index contributed by atoms with van der Waals surface area (Å²) in [6.07, 6.45) is 15.0. The molecule has 0 aliphatic rings. The molecule has 0 saturated heterocycles. The van der Waals surface area contributed by atoms with Gasteiger partial charge in [-0.05, 0) is 12.5 Å². The van der Waals surface area contributed by atoms with Gasteiger partial charge in [-0.1, -0.05) is 90.4 Å². The molecular weight excluding hydrogens is 384 g/mol. The van der Waals surface area contributed by atoms with Gasteiger partial charge in [-0.3, -0.25) is 0 Å². The van der Waals surface area contributed by atoms with Crippen LogP contribution < -0.4 is 0 Å². The standard InChI is InChI=1S/C24H40O6/c1-3-4-5-6-7-8-9-10-11-12-13-14-15-16-19(25)21-18(24(29)30-2)17-20(26)22(27)23(21)28/h17,19,25-28H,3-16H2,1-2H3. The van der Waals surface area contributed by atoms with E-state index in [0.29, 0.717) is 6.42 Å². The molecule has 6 nitrogen and oxygen atoms in total. The number of phenolic OH excluding ortho intramolecular Hbond substituents is 3. The molecule has 1 atom stereocenters. The van der Waals surface area contributed by atoms with E-state index in [1.807, 2.05) is 0 Å². The molecule has 4 N–H and O–H groups in total. The maximum atomic E-state index is 11.9. The topological polar surface area (TPSA) is 107 Å². The van der Waals surface area contributed by atoms with Gasteiger partial charge in [0.15, 0.2) is 11.5 Å². The largest absolute Gasteiger partial charge is 0.504 e. The monoisotopic (exact) mass is 424 g/mol. The molecule has 0 saturated carbocycles. The van der Waals surface area contributed by atoms with Crippen LogP contribution in [0.5, 0.6) is 17.2 Å². The summed E-state index contributed by atoms with van der Waals surface area (Å²) < 4.78 is 4.65. The Morgan fingerprint density at radius 3 is 1.77 bits per heavy atom. The summed E-state index contributed by atoms with van der Waals surface area (Å²) in [5, 5.41) is 39.9. The van der Waals surface area contributed by atoms with Gasteiger partial charge in [-0.25, -0.2) is 4.79 Å². The molecule has 0 aliphatic carbocycles. The van der Waals surface area contributed by atoms with Gasteiger partial charge in [-0.2, -0.15) is 0 Å². The molecule has 0 radical (unpaired) electrons. The highest BCUT2D eigenvalue weighted by Gasteiger charge is 2.26. The molecule has 6 heteroatoms. The average molecular weight is 425 g/mol. The number of aliphatic hydroxyl groups excluding tert-OH is 1. The van der Waals surface area contributed by atoms with Crippen molar-refractivity contribution in [1.29, 1.82) is 0 Å². The van der Waals surface area contributed by atoms with Crippen LogP contribution in [0.25, 0.3) is 0 Å². The number of carbonyl (C=O) groups is 1. The van der Waals surface area contributed by atoms with Crippen molar-refractivity contribution >= 4 is 5.97 Å². The van der Waals surface area contributed by atoms with Gasteiger partial charge in [0.25, 0.3) is 0 Å². The lowest BCUT2D eigenvalue weighted by molar-refractivity contribution is 0.0590. The zero-order valence-electron chi connectivity index (χ0n) is 18.7.